The van der Waals surface area contributed by atoms with Gasteiger partial charge in [0, 0.05) is 17.3 Å². The van der Waals surface area contributed by atoms with Gasteiger partial charge in [-0.2, -0.15) is 0 Å². The Bertz CT molecular complexity index is 1160. The average molecular weight is 373 g/mol. The molecule has 1 aromatic heterocycles. The van der Waals surface area contributed by atoms with Gasteiger partial charge in [-0.25, -0.2) is 4.79 Å². The van der Waals surface area contributed by atoms with Gasteiger partial charge < -0.3 is 14.0 Å². The summed E-state index contributed by atoms with van der Waals surface area (Å²) in [7, 11) is 1.68. The number of hydrogen-bond donors (Lipinski definition) is 0. The minimum absolute atomic E-state index is 0.307. The highest BCUT2D eigenvalue weighted by molar-refractivity contribution is 6.09. The first-order valence-electron chi connectivity index (χ1n) is 9.45. The average Bonchev–Trinajstić information content (AvgIpc) is 2.98. The normalized spacial score (nSPS) is 11.1. The molecule has 0 fully saturated rings. The van der Waals surface area contributed by atoms with E-state index in [1.807, 2.05) is 54.8 Å². The molecule has 4 rings (SSSR count). The fraction of sp³-hybridized carbons (Fsp3) is 0.208. The summed E-state index contributed by atoms with van der Waals surface area (Å²) >= 11 is 0. The zero-order valence-electron chi connectivity index (χ0n) is 16.4. The van der Waals surface area contributed by atoms with Crippen LogP contribution in [0.4, 0.5) is 0 Å². The van der Waals surface area contributed by atoms with Crippen molar-refractivity contribution in [2.75, 3.05) is 13.7 Å². The van der Waals surface area contributed by atoms with Crippen molar-refractivity contribution in [3.63, 3.8) is 0 Å². The SMILES string of the molecule is CCOC(=O)c1c(C)c2cc3ccccc3c(OC)c2n1Cc1ccccc1. The largest absolute Gasteiger partial charge is 0.494 e. The predicted molar refractivity (Wildman–Crippen MR) is 112 cm³/mol. The van der Waals surface area contributed by atoms with Gasteiger partial charge in [-0.05, 0) is 36.4 Å². The van der Waals surface area contributed by atoms with Crippen LogP contribution in [0.25, 0.3) is 21.7 Å². The van der Waals surface area contributed by atoms with E-state index in [1.54, 1.807) is 7.11 Å². The van der Waals surface area contributed by atoms with E-state index < -0.39 is 0 Å². The summed E-state index contributed by atoms with van der Waals surface area (Å²) in [6.07, 6.45) is 0. The molecule has 4 aromatic rings. The summed E-state index contributed by atoms with van der Waals surface area (Å²) < 4.78 is 13.3. The first-order valence-corrected chi connectivity index (χ1v) is 9.45. The Hall–Kier alpha value is -3.27. The highest BCUT2D eigenvalue weighted by Gasteiger charge is 2.25. The number of esters is 1. The Balaban J connectivity index is 2.08. The molecule has 142 valence electrons. The molecule has 0 amide bonds. The first-order chi connectivity index (χ1) is 13.7. The Morgan fingerprint density at radius 2 is 1.71 bits per heavy atom. The molecule has 1 heterocycles. The monoisotopic (exact) mass is 373 g/mol. The van der Waals surface area contributed by atoms with Gasteiger partial charge >= 0.3 is 5.97 Å². The molecule has 0 atom stereocenters. The number of nitrogens with zero attached hydrogens (tertiary/aromatic N) is 1. The second kappa shape index (κ2) is 7.39. The third-order valence-electron chi connectivity index (χ3n) is 5.13. The Kier molecular flexibility index (Phi) is 4.78. The highest BCUT2D eigenvalue weighted by Crippen LogP contribution is 2.39. The van der Waals surface area contributed by atoms with Crippen molar-refractivity contribution < 1.29 is 14.3 Å². The van der Waals surface area contributed by atoms with Crippen LogP contribution in [0.15, 0.2) is 60.7 Å². The van der Waals surface area contributed by atoms with E-state index in [2.05, 4.69) is 24.3 Å². The lowest BCUT2D eigenvalue weighted by Gasteiger charge is -2.14. The molecule has 0 N–H and O–H groups in total. The third-order valence-corrected chi connectivity index (χ3v) is 5.13. The standard InChI is InChI=1S/C24H23NO3/c1-4-28-24(26)21-16(2)20-14-18-12-8-9-13-19(18)23(27-3)22(20)25(21)15-17-10-6-5-7-11-17/h5-14H,4,15H2,1-3H3. The number of hydrogen-bond acceptors (Lipinski definition) is 3. The van der Waals surface area contributed by atoms with Crippen molar-refractivity contribution in [3.05, 3.63) is 77.5 Å². The Morgan fingerprint density at radius 1 is 1.00 bits per heavy atom. The van der Waals surface area contributed by atoms with E-state index in [1.165, 1.54) is 0 Å². The van der Waals surface area contributed by atoms with E-state index in [-0.39, 0.29) is 5.97 Å². The summed E-state index contributed by atoms with van der Waals surface area (Å²) in [5.74, 6) is 0.473. The molecule has 0 aliphatic rings. The molecule has 0 saturated heterocycles. The van der Waals surface area contributed by atoms with Crippen LogP contribution in [0.5, 0.6) is 5.75 Å². The number of benzene rings is 3. The maximum absolute atomic E-state index is 12.9. The minimum atomic E-state index is -0.307. The van der Waals surface area contributed by atoms with E-state index in [4.69, 9.17) is 9.47 Å². The molecule has 0 spiro atoms. The summed E-state index contributed by atoms with van der Waals surface area (Å²) in [5.41, 5.74) is 3.52. The summed E-state index contributed by atoms with van der Waals surface area (Å²) in [4.78, 5) is 12.9. The number of carbonyl (C=O) groups excluding carboxylic acids is 1. The highest BCUT2D eigenvalue weighted by atomic mass is 16.5. The molecular weight excluding hydrogens is 350 g/mol. The Labute approximate surface area is 164 Å². The van der Waals surface area contributed by atoms with Crippen LogP contribution in [0.3, 0.4) is 0 Å². The van der Waals surface area contributed by atoms with Gasteiger partial charge in [0.25, 0.3) is 0 Å². The van der Waals surface area contributed by atoms with Gasteiger partial charge in [-0.3, -0.25) is 0 Å². The van der Waals surface area contributed by atoms with Gasteiger partial charge in [0.05, 0.1) is 19.2 Å². The maximum atomic E-state index is 12.9. The number of aryl methyl sites for hydroxylation is 1. The van der Waals surface area contributed by atoms with Crippen molar-refractivity contribution >= 4 is 27.6 Å². The molecular formula is C24H23NO3. The summed E-state index contributed by atoms with van der Waals surface area (Å²) in [6.45, 7) is 4.70. The zero-order valence-corrected chi connectivity index (χ0v) is 16.4. The fourth-order valence-corrected chi connectivity index (χ4v) is 3.89. The second-order valence-electron chi connectivity index (χ2n) is 6.79. The first kappa shape index (κ1) is 18.1. The van der Waals surface area contributed by atoms with Gasteiger partial charge in [0.15, 0.2) is 5.75 Å². The molecule has 0 bridgehead atoms. The zero-order chi connectivity index (χ0) is 19.7. The van der Waals surface area contributed by atoms with Crippen LogP contribution in [-0.4, -0.2) is 24.3 Å². The van der Waals surface area contributed by atoms with E-state index in [0.717, 1.165) is 38.6 Å². The van der Waals surface area contributed by atoms with E-state index >= 15 is 0 Å². The fourth-order valence-electron chi connectivity index (χ4n) is 3.89. The topological polar surface area (TPSA) is 40.5 Å². The maximum Gasteiger partial charge on any atom is 0.355 e. The molecule has 28 heavy (non-hydrogen) atoms. The number of methoxy groups -OCH3 is 1. The number of carbonyl (C=O) groups is 1. The molecule has 0 aliphatic heterocycles. The third kappa shape index (κ3) is 2.91. The van der Waals surface area contributed by atoms with Crippen LogP contribution in [0.1, 0.15) is 28.5 Å². The lowest BCUT2D eigenvalue weighted by Crippen LogP contribution is -2.14. The van der Waals surface area contributed by atoms with Gasteiger partial charge in [0.1, 0.15) is 5.69 Å². The van der Waals surface area contributed by atoms with Gasteiger partial charge in [-0.15, -0.1) is 0 Å². The van der Waals surface area contributed by atoms with Gasteiger partial charge in [0.2, 0.25) is 0 Å². The van der Waals surface area contributed by atoms with Crippen molar-refractivity contribution in [2.45, 2.75) is 20.4 Å². The molecule has 0 radical (unpaired) electrons. The quantitative estimate of drug-likeness (QED) is 0.444. The lowest BCUT2D eigenvalue weighted by molar-refractivity contribution is 0.0514. The molecule has 0 saturated carbocycles. The number of aromatic nitrogens is 1. The van der Waals surface area contributed by atoms with Crippen molar-refractivity contribution in [3.8, 4) is 5.75 Å². The van der Waals surface area contributed by atoms with Crippen LogP contribution < -0.4 is 4.74 Å². The molecule has 3 aromatic carbocycles. The van der Waals surface area contributed by atoms with E-state index in [9.17, 15) is 4.79 Å². The van der Waals surface area contributed by atoms with Crippen LogP contribution in [0, 0.1) is 6.92 Å². The smallest absolute Gasteiger partial charge is 0.355 e. The van der Waals surface area contributed by atoms with Crippen LogP contribution >= 0.6 is 0 Å². The van der Waals surface area contributed by atoms with Gasteiger partial charge in [-0.1, -0.05) is 54.6 Å². The van der Waals surface area contributed by atoms with Crippen LogP contribution in [0.2, 0.25) is 0 Å². The second-order valence-corrected chi connectivity index (χ2v) is 6.79. The van der Waals surface area contributed by atoms with Crippen molar-refractivity contribution in [2.24, 2.45) is 0 Å². The summed E-state index contributed by atoms with van der Waals surface area (Å²) in [6, 6.07) is 20.4. The van der Waals surface area contributed by atoms with Crippen molar-refractivity contribution in [1.29, 1.82) is 0 Å². The number of rotatable bonds is 5. The predicted octanol–water partition coefficient (Wildman–Crippen LogP) is 5.34. The van der Waals surface area contributed by atoms with E-state index in [0.29, 0.717) is 18.8 Å². The molecule has 0 unspecified atom stereocenters. The minimum Gasteiger partial charge on any atom is -0.494 e. The molecule has 4 heteroatoms. The number of ether oxygens (including phenoxy) is 2. The molecule has 4 nitrogen and oxygen atoms in total. The summed E-state index contributed by atoms with van der Waals surface area (Å²) in [5, 5.41) is 3.12. The van der Waals surface area contributed by atoms with Crippen molar-refractivity contribution in [1.82, 2.24) is 4.57 Å². The number of fused-ring (bicyclic) bond motifs is 2. The van der Waals surface area contributed by atoms with Crippen LogP contribution in [-0.2, 0) is 11.3 Å². The Morgan fingerprint density at radius 3 is 2.43 bits per heavy atom. The lowest BCUT2D eigenvalue weighted by atomic mass is 10.0. The molecule has 0 aliphatic carbocycles.